The highest BCUT2D eigenvalue weighted by atomic mass is 32.2. The highest BCUT2D eigenvalue weighted by molar-refractivity contribution is 8.01. The molecule has 20 heteroatoms. The van der Waals surface area contributed by atoms with Gasteiger partial charge in [-0.05, 0) is 32.7 Å². The molecule has 0 aromatic carbocycles. The third kappa shape index (κ3) is 5.10. The van der Waals surface area contributed by atoms with E-state index in [4.69, 9.17) is 10.6 Å². The van der Waals surface area contributed by atoms with E-state index in [-0.39, 0.29) is 34.6 Å². The molecule has 3 aromatic heterocycles. The smallest absolute Gasteiger partial charge is 0.425 e. The Labute approximate surface area is 261 Å². The molecule has 6 N–H and O–H groups in total. The SMILES string of the molecule is CC(C)(O/N=C(\C(=O)N[C@]1(C)C(=O)N2C(C(=O)O)=C(C[n+]3cccn4nc(C(=O)O)nc43)CS[C@@]21C)c1csc(N)n1)C(=O)O. The summed E-state index contributed by atoms with van der Waals surface area (Å²) in [7, 11) is 0. The first-order chi connectivity index (χ1) is 21.0. The number of nitrogens with one attached hydrogen (secondary N) is 1. The molecule has 2 aliphatic rings. The third-order valence-electron chi connectivity index (χ3n) is 7.41. The van der Waals surface area contributed by atoms with Gasteiger partial charge < -0.3 is 31.2 Å². The van der Waals surface area contributed by atoms with E-state index >= 15 is 0 Å². The van der Waals surface area contributed by atoms with E-state index in [9.17, 15) is 39.3 Å². The lowest BCUT2D eigenvalue weighted by atomic mass is 9.78. The molecule has 0 bridgehead atoms. The molecule has 1 fully saturated rings. The summed E-state index contributed by atoms with van der Waals surface area (Å²) in [6.07, 6.45) is 3.06. The van der Waals surface area contributed by atoms with E-state index in [1.807, 2.05) is 0 Å². The Kier molecular flexibility index (Phi) is 7.52. The van der Waals surface area contributed by atoms with Crippen molar-refractivity contribution in [3.05, 3.63) is 46.6 Å². The van der Waals surface area contributed by atoms with Crippen molar-refractivity contribution in [2.75, 3.05) is 11.5 Å². The van der Waals surface area contributed by atoms with Crippen LogP contribution in [-0.4, -0.2) is 97.0 Å². The molecule has 0 spiro atoms. The number of carboxylic acid groups (broad SMARTS) is 3. The van der Waals surface area contributed by atoms with Crippen LogP contribution in [-0.2, 0) is 30.6 Å². The quantitative estimate of drug-likeness (QED) is 0.0800. The monoisotopic (exact) mass is 660 g/mol. The first kappa shape index (κ1) is 31.3. The number of thioether (sulfide) groups is 1. The van der Waals surface area contributed by atoms with Gasteiger partial charge in [0, 0.05) is 22.8 Å². The van der Waals surface area contributed by atoms with Crippen molar-refractivity contribution < 1.29 is 48.7 Å². The predicted octanol–water partition coefficient (Wildman–Crippen LogP) is -0.443. The number of β-lactam (4-membered cyclic amide) rings is 1. The molecule has 0 radical (unpaired) electrons. The van der Waals surface area contributed by atoms with Crippen LogP contribution in [0.25, 0.3) is 5.78 Å². The fourth-order valence-corrected chi connectivity index (χ4v) is 6.67. The Morgan fingerprint density at radius 2 is 1.91 bits per heavy atom. The highest BCUT2D eigenvalue weighted by Crippen LogP contribution is 2.54. The van der Waals surface area contributed by atoms with Crippen molar-refractivity contribution in [3.8, 4) is 0 Å². The van der Waals surface area contributed by atoms with Crippen molar-refractivity contribution in [3.63, 3.8) is 0 Å². The summed E-state index contributed by atoms with van der Waals surface area (Å²) in [6.45, 7) is 5.44. The average molecular weight is 661 g/mol. The van der Waals surface area contributed by atoms with Crippen LogP contribution >= 0.6 is 23.1 Å². The third-order valence-corrected chi connectivity index (χ3v) is 9.73. The van der Waals surface area contributed by atoms with Crippen LogP contribution in [0.2, 0.25) is 0 Å². The van der Waals surface area contributed by atoms with Crippen LogP contribution in [0.4, 0.5) is 5.13 Å². The summed E-state index contributed by atoms with van der Waals surface area (Å²) in [4.78, 5) is 75.8. The zero-order valence-corrected chi connectivity index (χ0v) is 25.7. The number of fused-ring (bicyclic) bond motifs is 2. The summed E-state index contributed by atoms with van der Waals surface area (Å²) >= 11 is 2.20. The molecule has 1 saturated heterocycles. The van der Waals surface area contributed by atoms with E-state index < -0.39 is 57.3 Å². The Morgan fingerprint density at radius 3 is 2.51 bits per heavy atom. The molecule has 0 aliphatic carbocycles. The van der Waals surface area contributed by atoms with Crippen LogP contribution < -0.4 is 15.6 Å². The number of oxime groups is 1. The van der Waals surface area contributed by atoms with Crippen molar-refractivity contribution in [2.45, 2.75) is 50.3 Å². The lowest BCUT2D eigenvalue weighted by molar-refractivity contribution is -0.668. The summed E-state index contributed by atoms with van der Waals surface area (Å²) in [5.74, 6) is -5.94. The van der Waals surface area contributed by atoms with Crippen LogP contribution in [0, 0.1) is 0 Å². The molecule has 2 atom stereocenters. The van der Waals surface area contributed by atoms with Gasteiger partial charge in [-0.15, -0.1) is 27.6 Å². The van der Waals surface area contributed by atoms with Crippen molar-refractivity contribution in [1.29, 1.82) is 0 Å². The zero-order valence-electron chi connectivity index (χ0n) is 24.0. The second-order valence-electron chi connectivity index (χ2n) is 10.8. The number of aromatic carboxylic acids is 1. The van der Waals surface area contributed by atoms with E-state index in [1.54, 1.807) is 19.2 Å². The van der Waals surface area contributed by atoms with Crippen LogP contribution in [0.15, 0.2) is 40.3 Å². The van der Waals surface area contributed by atoms with Gasteiger partial charge in [-0.25, -0.2) is 23.9 Å². The second kappa shape index (κ2) is 10.8. The summed E-state index contributed by atoms with van der Waals surface area (Å²) < 4.78 is 2.75. The molecule has 2 amide bonds. The molecular formula is C25H26N9O9S2+. The number of nitrogen functional groups attached to an aromatic ring is 1. The number of thiazole rings is 1. The van der Waals surface area contributed by atoms with Gasteiger partial charge in [-0.1, -0.05) is 10.3 Å². The Balaban J connectivity index is 1.47. The number of hydrogen-bond acceptors (Lipinski definition) is 13. The van der Waals surface area contributed by atoms with Crippen LogP contribution in [0.5, 0.6) is 0 Å². The lowest BCUT2D eigenvalue weighted by Crippen LogP contribution is -2.85. The highest BCUT2D eigenvalue weighted by Gasteiger charge is 2.71. The number of anilines is 1. The van der Waals surface area contributed by atoms with Crippen molar-refractivity contribution >= 4 is 69.4 Å². The maximum atomic E-state index is 13.8. The first-order valence-electron chi connectivity index (χ1n) is 13.0. The number of amides is 2. The number of carboxylic acids is 3. The molecule has 5 rings (SSSR count). The van der Waals surface area contributed by atoms with Gasteiger partial charge in [0.05, 0.1) is 18.9 Å². The maximum absolute atomic E-state index is 13.8. The first-order valence-corrected chi connectivity index (χ1v) is 14.8. The average Bonchev–Trinajstić information content (AvgIpc) is 3.60. The van der Waals surface area contributed by atoms with E-state index in [2.05, 4.69) is 25.5 Å². The lowest BCUT2D eigenvalue weighted by Gasteiger charge is -2.63. The van der Waals surface area contributed by atoms with Gasteiger partial charge in [-0.2, -0.15) is 0 Å². The van der Waals surface area contributed by atoms with Gasteiger partial charge in [0.15, 0.2) is 10.8 Å². The van der Waals surface area contributed by atoms with Gasteiger partial charge in [0.1, 0.15) is 21.8 Å². The molecule has 0 saturated carbocycles. The zero-order chi connectivity index (χ0) is 33.1. The second-order valence-corrected chi connectivity index (χ2v) is 13.0. The molecule has 236 valence electrons. The van der Waals surface area contributed by atoms with Gasteiger partial charge >= 0.3 is 29.5 Å². The van der Waals surface area contributed by atoms with Gasteiger partial charge in [0.25, 0.3) is 11.8 Å². The molecular weight excluding hydrogens is 634 g/mol. The number of hydrogen-bond donors (Lipinski definition) is 5. The Hall–Kier alpha value is -5.11. The van der Waals surface area contributed by atoms with Crippen molar-refractivity contribution in [2.24, 2.45) is 5.16 Å². The Morgan fingerprint density at radius 1 is 1.20 bits per heavy atom. The molecule has 18 nitrogen and oxygen atoms in total. The van der Waals surface area contributed by atoms with Crippen LogP contribution in [0.3, 0.4) is 0 Å². The normalized spacial score (nSPS) is 21.7. The van der Waals surface area contributed by atoms with Crippen LogP contribution in [0.1, 0.15) is 44.0 Å². The minimum absolute atomic E-state index is 0.0241. The maximum Gasteiger partial charge on any atom is 0.425 e. The minimum atomic E-state index is -1.81. The number of nitrogens with zero attached hydrogens (tertiary/aromatic N) is 7. The largest absolute Gasteiger partial charge is 0.478 e. The fraction of sp³-hybridized carbons (Fsp3) is 0.360. The minimum Gasteiger partial charge on any atom is -0.478 e. The summed E-state index contributed by atoms with van der Waals surface area (Å²) in [5, 5.41) is 40.7. The number of nitrogens with two attached hydrogens (primary N) is 1. The van der Waals surface area contributed by atoms with E-state index in [0.717, 1.165) is 16.2 Å². The summed E-state index contributed by atoms with van der Waals surface area (Å²) in [6, 6.07) is 1.58. The number of carbonyl (C=O) groups excluding carboxylic acids is 2. The Bertz CT molecular complexity index is 1870. The topological polar surface area (TPSA) is 256 Å². The van der Waals surface area contributed by atoms with Gasteiger partial charge in [0.2, 0.25) is 5.60 Å². The standard InChI is InChI=1S/C25H25N9O9S2/c1-23(2,20(41)42)43-31-13(12-10-44-21(26)27-12)16(35)29-24(3)19(40)34-14(17(36)37)11(9-45-25(24,34)4)8-32-6-5-7-33-22(32)28-15(30-33)18(38)39/h5-7,10H,8-9H2,1-4H3,(H5-,26,27,29,35,36,37,38,39,41,42)/p+1/b31-13-/t24-,25-/m1/s1. The number of aromatic nitrogens is 5. The summed E-state index contributed by atoms with van der Waals surface area (Å²) in [5.41, 5.74) is 1.82. The molecule has 45 heavy (non-hydrogen) atoms. The van der Waals surface area contributed by atoms with E-state index in [1.165, 1.54) is 53.2 Å². The molecule has 0 unspecified atom stereocenters. The van der Waals surface area contributed by atoms with E-state index in [0.29, 0.717) is 5.57 Å². The number of aliphatic carboxylic acids is 2. The van der Waals surface area contributed by atoms with Crippen molar-refractivity contribution in [1.82, 2.24) is 29.8 Å². The molecule has 3 aromatic rings. The number of carbonyl (C=O) groups is 5. The number of rotatable bonds is 10. The predicted molar refractivity (Wildman–Crippen MR) is 155 cm³/mol. The van der Waals surface area contributed by atoms with Gasteiger partial charge in [-0.3, -0.25) is 14.5 Å². The fourth-order valence-electron chi connectivity index (χ4n) is 4.71. The molecule has 2 aliphatic heterocycles. The molecule has 5 heterocycles.